The van der Waals surface area contributed by atoms with E-state index in [0.29, 0.717) is 6.42 Å². The highest BCUT2D eigenvalue weighted by molar-refractivity contribution is 5.92. The number of ether oxygens (including phenoxy) is 1. The van der Waals surface area contributed by atoms with Gasteiger partial charge < -0.3 is 15.4 Å². The van der Waals surface area contributed by atoms with Crippen LogP contribution in [0.3, 0.4) is 0 Å². The van der Waals surface area contributed by atoms with E-state index in [0.717, 1.165) is 32.1 Å². The van der Waals surface area contributed by atoms with E-state index in [-0.39, 0.29) is 31.3 Å². The molecule has 0 bridgehead atoms. The van der Waals surface area contributed by atoms with Crippen LogP contribution in [0, 0.1) is 11.8 Å². The molecule has 2 unspecified atom stereocenters. The van der Waals surface area contributed by atoms with Crippen LogP contribution in [0.4, 0.5) is 22.0 Å². The highest BCUT2D eigenvalue weighted by Gasteiger charge is 2.63. The average molecular weight is 503 g/mol. The first-order chi connectivity index (χ1) is 15.6. The maximum atomic E-state index is 13.4. The third-order valence-corrected chi connectivity index (χ3v) is 5.02. The number of nitrogens with one attached hydrogen (secondary N) is 2. The van der Waals surface area contributed by atoms with Crippen LogP contribution in [0.2, 0.25) is 0 Å². The highest BCUT2D eigenvalue weighted by Crippen LogP contribution is 2.35. The van der Waals surface area contributed by atoms with E-state index in [2.05, 4.69) is 12.2 Å². The number of hydrogen-bond donors (Lipinski definition) is 2. The van der Waals surface area contributed by atoms with Crippen molar-refractivity contribution in [2.24, 2.45) is 11.8 Å². The number of carbonyl (C=O) groups excluding carboxylic acids is 3. The number of carbonyl (C=O) groups is 3. The zero-order chi connectivity index (χ0) is 26.5. The van der Waals surface area contributed by atoms with Crippen molar-refractivity contribution in [2.75, 3.05) is 6.61 Å². The monoisotopic (exact) mass is 502 g/mol. The maximum Gasteiger partial charge on any atom is 0.463 e. The number of rotatable bonds is 16. The lowest BCUT2D eigenvalue weighted by Crippen LogP contribution is -2.58. The Labute approximate surface area is 198 Å². The van der Waals surface area contributed by atoms with Crippen LogP contribution < -0.4 is 10.6 Å². The molecule has 0 heterocycles. The second kappa shape index (κ2) is 15.1. The van der Waals surface area contributed by atoms with Gasteiger partial charge in [0, 0.05) is 0 Å². The molecule has 34 heavy (non-hydrogen) atoms. The molecule has 2 atom stereocenters. The molecule has 0 aliphatic rings. The van der Waals surface area contributed by atoms with Gasteiger partial charge in [-0.1, -0.05) is 66.7 Å². The highest BCUT2D eigenvalue weighted by atomic mass is 19.4. The Morgan fingerprint density at radius 2 is 1.26 bits per heavy atom. The van der Waals surface area contributed by atoms with Gasteiger partial charge in [-0.2, -0.15) is 22.0 Å². The van der Waals surface area contributed by atoms with Gasteiger partial charge in [0.1, 0.15) is 12.1 Å². The second-order valence-electron chi connectivity index (χ2n) is 9.35. The molecule has 0 aromatic rings. The topological polar surface area (TPSA) is 84.5 Å². The Morgan fingerprint density at radius 3 is 1.76 bits per heavy atom. The van der Waals surface area contributed by atoms with Gasteiger partial charge >= 0.3 is 24.0 Å². The van der Waals surface area contributed by atoms with Crippen molar-refractivity contribution in [3.8, 4) is 0 Å². The summed E-state index contributed by atoms with van der Waals surface area (Å²) < 4.78 is 69.6. The van der Waals surface area contributed by atoms with Crippen molar-refractivity contribution < 1.29 is 41.1 Å². The minimum Gasteiger partial charge on any atom is -0.464 e. The van der Waals surface area contributed by atoms with Gasteiger partial charge in [0.15, 0.2) is 0 Å². The van der Waals surface area contributed by atoms with Crippen molar-refractivity contribution in [3.63, 3.8) is 0 Å². The molecule has 0 saturated carbocycles. The molecule has 11 heteroatoms. The normalized spacial score (nSPS) is 14.1. The summed E-state index contributed by atoms with van der Waals surface area (Å²) in [7, 11) is 0. The van der Waals surface area contributed by atoms with Gasteiger partial charge in [0.2, 0.25) is 5.91 Å². The van der Waals surface area contributed by atoms with Crippen LogP contribution in [0.5, 0.6) is 0 Å². The Balaban J connectivity index is 5.18. The van der Waals surface area contributed by atoms with Crippen LogP contribution in [0.1, 0.15) is 86.0 Å². The molecule has 0 fully saturated rings. The molecular weight excluding hydrogens is 463 g/mol. The van der Waals surface area contributed by atoms with Crippen molar-refractivity contribution in [3.05, 3.63) is 0 Å². The van der Waals surface area contributed by atoms with Gasteiger partial charge in [-0.3, -0.25) is 9.59 Å². The van der Waals surface area contributed by atoms with Gasteiger partial charge in [-0.15, -0.1) is 0 Å². The Kier molecular flexibility index (Phi) is 14.3. The van der Waals surface area contributed by atoms with Crippen molar-refractivity contribution in [1.82, 2.24) is 10.6 Å². The minimum atomic E-state index is -6.10. The smallest absolute Gasteiger partial charge is 0.463 e. The maximum absolute atomic E-state index is 13.4. The fourth-order valence-corrected chi connectivity index (χ4v) is 3.19. The Morgan fingerprint density at radius 1 is 0.765 bits per heavy atom. The first-order valence-corrected chi connectivity index (χ1v) is 11.9. The predicted molar refractivity (Wildman–Crippen MR) is 118 cm³/mol. The molecule has 0 aromatic heterocycles. The standard InChI is InChI=1S/C23H39F5N2O4/c1-6-7-8-9-10-11-12-34-20(32)18(14-16(4)5)29-19(31)17(13-15(2)3)30-21(33)22(24,25)23(26,27)28/h15-18H,6-14H2,1-5H3,(H,29,31)(H,30,33). The summed E-state index contributed by atoms with van der Waals surface area (Å²) in [6.07, 6.45) is -0.265. The number of unbranched alkanes of at least 4 members (excludes halogenated alkanes) is 5. The fraction of sp³-hybridized carbons (Fsp3) is 0.870. The lowest BCUT2D eigenvalue weighted by atomic mass is 10.00. The van der Waals surface area contributed by atoms with Crippen molar-refractivity contribution >= 4 is 17.8 Å². The van der Waals surface area contributed by atoms with Gasteiger partial charge in [0.25, 0.3) is 0 Å². The van der Waals surface area contributed by atoms with Gasteiger partial charge in [0.05, 0.1) is 6.61 Å². The summed E-state index contributed by atoms with van der Waals surface area (Å²) in [5.74, 6) is -10.4. The fourth-order valence-electron chi connectivity index (χ4n) is 3.19. The molecule has 2 N–H and O–H groups in total. The van der Waals surface area contributed by atoms with Crippen LogP contribution >= 0.6 is 0 Å². The van der Waals surface area contributed by atoms with Gasteiger partial charge in [-0.05, 0) is 31.1 Å². The molecule has 6 nitrogen and oxygen atoms in total. The molecule has 0 spiro atoms. The molecule has 0 aliphatic carbocycles. The molecule has 200 valence electrons. The molecule has 0 radical (unpaired) electrons. The summed E-state index contributed by atoms with van der Waals surface area (Å²) in [6.45, 7) is 9.04. The van der Waals surface area contributed by atoms with E-state index in [1.807, 2.05) is 0 Å². The number of halogens is 5. The van der Waals surface area contributed by atoms with Crippen LogP contribution in [-0.4, -0.2) is 48.6 Å². The Bertz CT molecular complexity index is 639. The number of alkyl halides is 5. The lowest BCUT2D eigenvalue weighted by molar-refractivity contribution is -0.270. The van der Waals surface area contributed by atoms with E-state index < -0.39 is 42.0 Å². The van der Waals surface area contributed by atoms with Crippen molar-refractivity contribution in [1.29, 1.82) is 0 Å². The molecular formula is C23H39F5N2O4. The van der Waals surface area contributed by atoms with E-state index in [1.165, 1.54) is 5.32 Å². The predicted octanol–water partition coefficient (Wildman–Crippen LogP) is 5.15. The van der Waals surface area contributed by atoms with E-state index in [1.54, 1.807) is 27.7 Å². The Hall–Kier alpha value is -1.94. The van der Waals surface area contributed by atoms with E-state index in [9.17, 15) is 36.3 Å². The summed E-state index contributed by atoms with van der Waals surface area (Å²) in [5.41, 5.74) is 0. The zero-order valence-electron chi connectivity index (χ0n) is 20.7. The number of amides is 2. The molecule has 0 aliphatic heterocycles. The van der Waals surface area contributed by atoms with Crippen LogP contribution in [0.15, 0.2) is 0 Å². The summed E-state index contributed by atoms with van der Waals surface area (Å²) in [6, 6.07) is -2.80. The summed E-state index contributed by atoms with van der Waals surface area (Å²) in [5, 5.41) is 3.86. The number of esters is 1. The first-order valence-electron chi connectivity index (χ1n) is 11.9. The zero-order valence-corrected chi connectivity index (χ0v) is 20.7. The molecule has 0 saturated heterocycles. The van der Waals surface area contributed by atoms with E-state index >= 15 is 0 Å². The minimum absolute atomic E-state index is 0.0559. The summed E-state index contributed by atoms with van der Waals surface area (Å²) >= 11 is 0. The van der Waals surface area contributed by atoms with E-state index in [4.69, 9.17) is 4.74 Å². The van der Waals surface area contributed by atoms with Crippen LogP contribution in [-0.2, 0) is 19.1 Å². The van der Waals surface area contributed by atoms with Crippen LogP contribution in [0.25, 0.3) is 0 Å². The number of hydrogen-bond acceptors (Lipinski definition) is 4. The second-order valence-corrected chi connectivity index (χ2v) is 9.35. The van der Waals surface area contributed by atoms with Crippen molar-refractivity contribution in [2.45, 2.75) is 110 Å². The molecule has 2 amide bonds. The first kappa shape index (κ1) is 32.1. The molecule has 0 rings (SSSR count). The third-order valence-electron chi connectivity index (χ3n) is 5.02. The molecule has 0 aromatic carbocycles. The largest absolute Gasteiger partial charge is 0.464 e. The average Bonchev–Trinajstić information content (AvgIpc) is 2.70. The quantitative estimate of drug-likeness (QED) is 0.174. The third kappa shape index (κ3) is 12.0. The SMILES string of the molecule is CCCCCCCCOC(=O)C(CC(C)C)NC(=O)C(CC(C)C)NC(=O)C(F)(F)C(F)(F)F. The lowest BCUT2D eigenvalue weighted by Gasteiger charge is -2.26. The van der Waals surface area contributed by atoms with Gasteiger partial charge in [-0.25, -0.2) is 4.79 Å². The summed E-state index contributed by atoms with van der Waals surface area (Å²) in [4.78, 5) is 36.8.